The summed E-state index contributed by atoms with van der Waals surface area (Å²) in [4.78, 5) is 10.3. The van der Waals surface area contributed by atoms with Crippen molar-refractivity contribution in [2.75, 3.05) is 0 Å². The van der Waals surface area contributed by atoms with Gasteiger partial charge in [0.05, 0.1) is 6.42 Å². The van der Waals surface area contributed by atoms with Gasteiger partial charge in [0.15, 0.2) is 0 Å². The molecule has 0 heterocycles. The molecular formula is C9H19NO2. The molecule has 0 spiro atoms. The van der Waals surface area contributed by atoms with E-state index in [1.165, 1.54) is 0 Å². The molecule has 0 aliphatic heterocycles. The second kappa shape index (κ2) is 6.00. The summed E-state index contributed by atoms with van der Waals surface area (Å²) in [6.45, 7) is 4.24. The lowest BCUT2D eigenvalue weighted by Crippen LogP contribution is -2.25. The number of aliphatic carboxylic acids is 1. The monoisotopic (exact) mass is 173 g/mol. The maximum absolute atomic E-state index is 10.3. The summed E-state index contributed by atoms with van der Waals surface area (Å²) in [6.07, 6.45) is 3.18. The maximum atomic E-state index is 10.3. The van der Waals surface area contributed by atoms with Gasteiger partial charge in [0.2, 0.25) is 0 Å². The van der Waals surface area contributed by atoms with E-state index in [4.69, 9.17) is 10.8 Å². The smallest absolute Gasteiger partial charge is 0.304 e. The Bertz CT molecular complexity index is 136. The van der Waals surface area contributed by atoms with Crippen molar-refractivity contribution in [2.24, 2.45) is 11.7 Å². The Morgan fingerprint density at radius 3 is 2.58 bits per heavy atom. The first-order valence-corrected chi connectivity index (χ1v) is 4.53. The Balaban J connectivity index is 3.53. The molecule has 0 aliphatic carbocycles. The van der Waals surface area contributed by atoms with Crippen molar-refractivity contribution in [1.82, 2.24) is 0 Å². The van der Waals surface area contributed by atoms with Gasteiger partial charge in [-0.3, -0.25) is 4.79 Å². The molecule has 3 N–H and O–H groups in total. The zero-order valence-corrected chi connectivity index (χ0v) is 7.92. The van der Waals surface area contributed by atoms with E-state index in [1.54, 1.807) is 0 Å². The lowest BCUT2D eigenvalue weighted by molar-refractivity contribution is -0.137. The Morgan fingerprint density at radius 2 is 2.17 bits per heavy atom. The Labute approximate surface area is 74.0 Å². The molecule has 3 nitrogen and oxygen atoms in total. The van der Waals surface area contributed by atoms with Crippen LogP contribution in [0.25, 0.3) is 0 Å². The molecule has 0 unspecified atom stereocenters. The third-order valence-corrected chi connectivity index (χ3v) is 1.92. The Morgan fingerprint density at radius 1 is 1.58 bits per heavy atom. The zero-order valence-electron chi connectivity index (χ0n) is 7.92. The van der Waals surface area contributed by atoms with Gasteiger partial charge in [0.25, 0.3) is 0 Å². The van der Waals surface area contributed by atoms with Crippen LogP contribution in [-0.2, 0) is 4.79 Å². The van der Waals surface area contributed by atoms with E-state index in [0.717, 1.165) is 19.3 Å². The van der Waals surface area contributed by atoms with E-state index >= 15 is 0 Å². The van der Waals surface area contributed by atoms with Crippen LogP contribution in [0.2, 0.25) is 0 Å². The lowest BCUT2D eigenvalue weighted by Gasteiger charge is -2.14. The molecule has 0 saturated carbocycles. The molecule has 0 aromatic rings. The first-order chi connectivity index (χ1) is 5.56. The summed E-state index contributed by atoms with van der Waals surface area (Å²) < 4.78 is 0. The van der Waals surface area contributed by atoms with Gasteiger partial charge in [0, 0.05) is 6.04 Å². The van der Waals surface area contributed by atoms with Crippen molar-refractivity contribution in [3.63, 3.8) is 0 Å². The minimum atomic E-state index is -0.800. The third kappa shape index (κ3) is 6.16. The first-order valence-electron chi connectivity index (χ1n) is 4.53. The fourth-order valence-electron chi connectivity index (χ4n) is 1.44. The number of nitrogens with two attached hydrogens (primary N) is 1. The van der Waals surface area contributed by atoms with Crippen molar-refractivity contribution in [3.8, 4) is 0 Å². The molecule has 0 aromatic heterocycles. The summed E-state index contributed by atoms with van der Waals surface area (Å²) in [6, 6.07) is -0.177. The molecule has 0 amide bonds. The summed E-state index contributed by atoms with van der Waals surface area (Å²) in [5.41, 5.74) is 5.62. The molecular weight excluding hydrogens is 154 g/mol. The lowest BCUT2D eigenvalue weighted by atomic mass is 9.96. The predicted molar refractivity (Wildman–Crippen MR) is 48.9 cm³/mol. The van der Waals surface area contributed by atoms with Gasteiger partial charge in [-0.15, -0.1) is 0 Å². The van der Waals surface area contributed by atoms with Crippen LogP contribution >= 0.6 is 0 Å². The van der Waals surface area contributed by atoms with Crippen LogP contribution in [0.3, 0.4) is 0 Å². The van der Waals surface area contributed by atoms with Crippen molar-refractivity contribution in [2.45, 2.75) is 45.6 Å². The number of carboxylic acids is 1. The van der Waals surface area contributed by atoms with Crippen molar-refractivity contribution in [3.05, 3.63) is 0 Å². The predicted octanol–water partition coefficient (Wildman–Crippen LogP) is 1.61. The molecule has 0 radical (unpaired) electrons. The number of rotatable bonds is 6. The van der Waals surface area contributed by atoms with E-state index in [9.17, 15) is 4.79 Å². The molecule has 12 heavy (non-hydrogen) atoms. The maximum Gasteiger partial charge on any atom is 0.304 e. The zero-order chi connectivity index (χ0) is 9.56. The summed E-state index contributed by atoms with van der Waals surface area (Å²) in [5.74, 6) is -0.254. The molecule has 3 heteroatoms. The average molecular weight is 173 g/mol. The summed E-state index contributed by atoms with van der Waals surface area (Å²) >= 11 is 0. The van der Waals surface area contributed by atoms with Crippen molar-refractivity contribution < 1.29 is 9.90 Å². The van der Waals surface area contributed by atoms with E-state index in [2.05, 4.69) is 13.8 Å². The van der Waals surface area contributed by atoms with Gasteiger partial charge in [-0.05, 0) is 12.3 Å². The Hall–Kier alpha value is -0.570. The van der Waals surface area contributed by atoms with Crippen LogP contribution < -0.4 is 5.73 Å². The molecule has 0 aromatic carbocycles. The molecule has 0 saturated heterocycles. The molecule has 0 fully saturated rings. The number of carbonyl (C=O) groups is 1. The average Bonchev–Trinajstić information content (AvgIpc) is 1.84. The van der Waals surface area contributed by atoms with Gasteiger partial charge >= 0.3 is 5.97 Å². The highest BCUT2D eigenvalue weighted by Crippen LogP contribution is 2.12. The van der Waals surface area contributed by atoms with Crippen LogP contribution in [0.5, 0.6) is 0 Å². The second-order valence-corrected chi connectivity index (χ2v) is 3.49. The fourth-order valence-corrected chi connectivity index (χ4v) is 1.44. The van der Waals surface area contributed by atoms with Crippen LogP contribution in [-0.4, -0.2) is 17.1 Å². The molecule has 0 aliphatic rings. The Kier molecular flexibility index (Phi) is 5.72. The summed E-state index contributed by atoms with van der Waals surface area (Å²) in [5, 5.41) is 8.45. The number of hydrogen-bond donors (Lipinski definition) is 2. The minimum Gasteiger partial charge on any atom is -0.481 e. The second-order valence-electron chi connectivity index (χ2n) is 3.49. The fraction of sp³-hybridized carbons (Fsp3) is 0.889. The highest BCUT2D eigenvalue weighted by molar-refractivity contribution is 5.67. The van der Waals surface area contributed by atoms with Crippen molar-refractivity contribution >= 4 is 5.97 Å². The van der Waals surface area contributed by atoms with Crippen molar-refractivity contribution in [1.29, 1.82) is 0 Å². The summed E-state index contributed by atoms with van der Waals surface area (Å²) in [7, 11) is 0. The highest BCUT2D eigenvalue weighted by Gasteiger charge is 2.11. The third-order valence-electron chi connectivity index (χ3n) is 1.92. The van der Waals surface area contributed by atoms with E-state index in [-0.39, 0.29) is 12.5 Å². The van der Waals surface area contributed by atoms with Crippen LogP contribution in [0, 0.1) is 5.92 Å². The standard InChI is InChI=1S/C9H19NO2/c1-3-4-7(2)5-8(10)6-9(11)12/h7-8H,3-6,10H2,1-2H3,(H,11,12)/t7-,8+/m0/s1. The molecule has 0 rings (SSSR count). The van der Waals surface area contributed by atoms with Crippen LogP contribution in [0.15, 0.2) is 0 Å². The molecule has 72 valence electrons. The topological polar surface area (TPSA) is 63.3 Å². The van der Waals surface area contributed by atoms with Crippen LogP contribution in [0.4, 0.5) is 0 Å². The number of carboxylic acid groups (broad SMARTS) is 1. The first kappa shape index (κ1) is 11.4. The van der Waals surface area contributed by atoms with E-state index < -0.39 is 5.97 Å². The van der Waals surface area contributed by atoms with Gasteiger partial charge < -0.3 is 10.8 Å². The molecule has 0 bridgehead atoms. The largest absolute Gasteiger partial charge is 0.481 e. The van der Waals surface area contributed by atoms with E-state index in [1.807, 2.05) is 0 Å². The van der Waals surface area contributed by atoms with Gasteiger partial charge in [-0.25, -0.2) is 0 Å². The van der Waals surface area contributed by atoms with Gasteiger partial charge in [-0.2, -0.15) is 0 Å². The van der Waals surface area contributed by atoms with Crippen LogP contribution in [0.1, 0.15) is 39.5 Å². The SMILES string of the molecule is CCC[C@H](C)C[C@@H](N)CC(=O)O. The molecule has 2 atom stereocenters. The highest BCUT2D eigenvalue weighted by atomic mass is 16.4. The van der Waals surface area contributed by atoms with E-state index in [0.29, 0.717) is 5.92 Å². The minimum absolute atomic E-state index is 0.0913. The van der Waals surface area contributed by atoms with Gasteiger partial charge in [0.1, 0.15) is 0 Å². The number of hydrogen-bond acceptors (Lipinski definition) is 2. The van der Waals surface area contributed by atoms with Gasteiger partial charge in [-0.1, -0.05) is 26.7 Å². The normalized spacial score (nSPS) is 15.6. The quantitative estimate of drug-likeness (QED) is 0.641.